The van der Waals surface area contributed by atoms with Crippen LogP contribution in [0.3, 0.4) is 0 Å². The molecule has 0 bridgehead atoms. The fourth-order valence-electron chi connectivity index (χ4n) is 2.96. The number of para-hydroxylation sites is 1. The summed E-state index contributed by atoms with van der Waals surface area (Å²) >= 11 is 0. The number of carbonyl (C=O) groups is 3. The number of carbonyl (C=O) groups excluding carboxylic acids is 3. The van der Waals surface area contributed by atoms with Gasteiger partial charge >= 0.3 is 0 Å². The average molecular weight is 396 g/mol. The third-order valence-corrected chi connectivity index (χ3v) is 4.62. The lowest BCUT2D eigenvalue weighted by atomic mass is 10.2. The summed E-state index contributed by atoms with van der Waals surface area (Å²) in [6.07, 6.45) is 0. The summed E-state index contributed by atoms with van der Waals surface area (Å²) < 4.78 is 0. The number of amides is 3. The minimum absolute atomic E-state index is 0.0782. The van der Waals surface area contributed by atoms with E-state index < -0.39 is 6.04 Å². The van der Waals surface area contributed by atoms with Crippen molar-refractivity contribution in [3.63, 3.8) is 0 Å². The van der Waals surface area contributed by atoms with E-state index in [4.69, 9.17) is 0 Å². The first-order valence-corrected chi connectivity index (χ1v) is 9.56. The van der Waals surface area contributed by atoms with E-state index in [1.54, 1.807) is 43.1 Å². The SMILES string of the molecule is CCN(CC(=O)Nc1ccc(NC(C)=O)cc1)[C@@H](C)C(=O)N(C)c1ccccc1. The monoisotopic (exact) mass is 396 g/mol. The van der Waals surface area contributed by atoms with E-state index in [0.29, 0.717) is 17.9 Å². The number of hydrogen-bond donors (Lipinski definition) is 2. The smallest absolute Gasteiger partial charge is 0.243 e. The molecule has 0 aliphatic heterocycles. The van der Waals surface area contributed by atoms with Crippen molar-refractivity contribution >= 4 is 34.8 Å². The van der Waals surface area contributed by atoms with Gasteiger partial charge in [0.15, 0.2) is 0 Å². The van der Waals surface area contributed by atoms with Gasteiger partial charge in [-0.1, -0.05) is 25.1 Å². The lowest BCUT2D eigenvalue weighted by Gasteiger charge is -2.30. The predicted octanol–water partition coefficient (Wildman–Crippen LogP) is 2.96. The minimum Gasteiger partial charge on any atom is -0.326 e. The Morgan fingerprint density at radius 1 is 0.931 bits per heavy atom. The van der Waals surface area contributed by atoms with E-state index in [1.807, 2.05) is 42.2 Å². The van der Waals surface area contributed by atoms with Gasteiger partial charge in [-0.15, -0.1) is 0 Å². The number of hydrogen-bond acceptors (Lipinski definition) is 4. The van der Waals surface area contributed by atoms with Crippen molar-refractivity contribution < 1.29 is 14.4 Å². The van der Waals surface area contributed by atoms with Crippen molar-refractivity contribution in [2.24, 2.45) is 0 Å². The second kappa shape index (κ2) is 10.4. The minimum atomic E-state index is -0.446. The maximum absolute atomic E-state index is 12.8. The zero-order valence-corrected chi connectivity index (χ0v) is 17.3. The second-order valence-electron chi connectivity index (χ2n) is 6.78. The second-order valence-corrected chi connectivity index (χ2v) is 6.78. The summed E-state index contributed by atoms with van der Waals surface area (Å²) in [6.45, 7) is 5.82. The fraction of sp³-hybridized carbons (Fsp3) is 0.318. The van der Waals surface area contributed by atoms with Crippen LogP contribution in [0.2, 0.25) is 0 Å². The zero-order valence-electron chi connectivity index (χ0n) is 17.3. The summed E-state index contributed by atoms with van der Waals surface area (Å²) in [5.41, 5.74) is 2.10. The van der Waals surface area contributed by atoms with Crippen molar-refractivity contribution in [3.8, 4) is 0 Å². The maximum atomic E-state index is 12.8. The molecular weight excluding hydrogens is 368 g/mol. The molecule has 1 atom stereocenters. The molecule has 2 rings (SSSR count). The number of anilines is 3. The third kappa shape index (κ3) is 6.43. The maximum Gasteiger partial charge on any atom is 0.243 e. The topological polar surface area (TPSA) is 81.8 Å². The highest BCUT2D eigenvalue weighted by Gasteiger charge is 2.25. The molecule has 0 radical (unpaired) electrons. The molecule has 0 saturated heterocycles. The predicted molar refractivity (Wildman–Crippen MR) is 116 cm³/mol. The summed E-state index contributed by atoms with van der Waals surface area (Å²) in [4.78, 5) is 39.8. The quantitative estimate of drug-likeness (QED) is 0.719. The number of likely N-dealkylation sites (N-methyl/N-ethyl adjacent to an activating group) is 2. The number of nitrogens with one attached hydrogen (secondary N) is 2. The first kappa shape index (κ1) is 22.1. The standard InChI is InChI=1S/C22H28N4O3/c1-5-26(16(2)22(29)25(4)20-9-7-6-8-10-20)15-21(28)24-19-13-11-18(12-14-19)23-17(3)27/h6-14,16H,5,15H2,1-4H3,(H,23,27)(H,24,28)/t16-/m0/s1. The highest BCUT2D eigenvalue weighted by Crippen LogP contribution is 2.15. The van der Waals surface area contributed by atoms with Crippen molar-refractivity contribution in [1.29, 1.82) is 0 Å². The van der Waals surface area contributed by atoms with Gasteiger partial charge in [-0.25, -0.2) is 0 Å². The Bertz CT molecular complexity index is 837. The highest BCUT2D eigenvalue weighted by atomic mass is 16.2. The van der Waals surface area contributed by atoms with Crippen molar-refractivity contribution in [1.82, 2.24) is 4.90 Å². The Labute approximate surface area is 171 Å². The molecule has 7 heteroatoms. The van der Waals surface area contributed by atoms with Crippen LogP contribution >= 0.6 is 0 Å². The Hall–Kier alpha value is -3.19. The molecule has 0 aliphatic rings. The highest BCUT2D eigenvalue weighted by molar-refractivity contribution is 5.97. The molecule has 154 valence electrons. The van der Waals surface area contributed by atoms with E-state index >= 15 is 0 Å². The van der Waals surface area contributed by atoms with E-state index in [2.05, 4.69) is 10.6 Å². The van der Waals surface area contributed by atoms with Crippen LogP contribution in [-0.2, 0) is 14.4 Å². The number of benzene rings is 2. The third-order valence-electron chi connectivity index (χ3n) is 4.62. The Balaban J connectivity index is 1.96. The summed E-state index contributed by atoms with van der Waals surface area (Å²) in [5.74, 6) is -0.439. The van der Waals surface area contributed by atoms with Gasteiger partial charge in [0.1, 0.15) is 0 Å². The summed E-state index contributed by atoms with van der Waals surface area (Å²) in [7, 11) is 1.73. The Morgan fingerprint density at radius 3 is 2.00 bits per heavy atom. The van der Waals surface area contributed by atoms with E-state index in [9.17, 15) is 14.4 Å². The van der Waals surface area contributed by atoms with Gasteiger partial charge in [-0.2, -0.15) is 0 Å². The van der Waals surface area contributed by atoms with Gasteiger partial charge in [0, 0.05) is 31.0 Å². The lowest BCUT2D eigenvalue weighted by molar-refractivity contribution is -0.124. The molecule has 0 saturated carbocycles. The fourth-order valence-corrected chi connectivity index (χ4v) is 2.96. The lowest BCUT2D eigenvalue weighted by Crippen LogP contribution is -2.48. The van der Waals surface area contributed by atoms with Gasteiger partial charge in [-0.3, -0.25) is 19.3 Å². The van der Waals surface area contributed by atoms with Crippen LogP contribution in [0.1, 0.15) is 20.8 Å². The molecule has 2 aromatic rings. The molecule has 29 heavy (non-hydrogen) atoms. The van der Waals surface area contributed by atoms with Crippen LogP contribution in [-0.4, -0.2) is 48.8 Å². The Kier molecular flexibility index (Phi) is 7.91. The molecule has 2 aromatic carbocycles. The first-order valence-electron chi connectivity index (χ1n) is 9.56. The van der Waals surface area contributed by atoms with Gasteiger partial charge in [0.25, 0.3) is 0 Å². The van der Waals surface area contributed by atoms with E-state index in [-0.39, 0.29) is 24.3 Å². The van der Waals surface area contributed by atoms with E-state index in [1.165, 1.54) is 6.92 Å². The van der Waals surface area contributed by atoms with Crippen molar-refractivity contribution in [3.05, 3.63) is 54.6 Å². The van der Waals surface area contributed by atoms with Gasteiger partial charge in [0.05, 0.1) is 12.6 Å². The van der Waals surface area contributed by atoms with Crippen LogP contribution in [0.15, 0.2) is 54.6 Å². The van der Waals surface area contributed by atoms with Crippen molar-refractivity contribution in [2.75, 3.05) is 35.7 Å². The van der Waals surface area contributed by atoms with Gasteiger partial charge in [0.2, 0.25) is 17.7 Å². The molecule has 0 aliphatic carbocycles. The molecule has 0 spiro atoms. The van der Waals surface area contributed by atoms with Crippen LogP contribution in [0.4, 0.5) is 17.1 Å². The number of rotatable bonds is 8. The molecule has 0 unspecified atom stereocenters. The van der Waals surface area contributed by atoms with E-state index in [0.717, 1.165) is 5.69 Å². The van der Waals surface area contributed by atoms with Crippen LogP contribution in [0.5, 0.6) is 0 Å². The largest absolute Gasteiger partial charge is 0.326 e. The first-order chi connectivity index (χ1) is 13.8. The van der Waals surface area contributed by atoms with Crippen LogP contribution < -0.4 is 15.5 Å². The normalized spacial score (nSPS) is 11.6. The molecule has 3 amide bonds. The van der Waals surface area contributed by atoms with Crippen LogP contribution in [0.25, 0.3) is 0 Å². The molecule has 0 heterocycles. The summed E-state index contributed by atoms with van der Waals surface area (Å²) in [6, 6.07) is 15.8. The Morgan fingerprint density at radius 2 is 1.48 bits per heavy atom. The molecule has 2 N–H and O–H groups in total. The van der Waals surface area contributed by atoms with Crippen molar-refractivity contribution in [2.45, 2.75) is 26.8 Å². The molecule has 0 fully saturated rings. The molecule has 0 aromatic heterocycles. The summed E-state index contributed by atoms with van der Waals surface area (Å²) in [5, 5.41) is 5.50. The van der Waals surface area contributed by atoms with Crippen LogP contribution in [0, 0.1) is 0 Å². The number of nitrogens with zero attached hydrogens (tertiary/aromatic N) is 2. The molecule has 7 nitrogen and oxygen atoms in total. The zero-order chi connectivity index (χ0) is 21.4. The molecular formula is C22H28N4O3. The van der Waals surface area contributed by atoms with Gasteiger partial charge in [-0.05, 0) is 49.9 Å². The van der Waals surface area contributed by atoms with Gasteiger partial charge < -0.3 is 15.5 Å². The average Bonchev–Trinajstić information content (AvgIpc) is 2.72.